The average molecular weight is 355 g/mol. The first-order chi connectivity index (χ1) is 8.77. The van der Waals surface area contributed by atoms with E-state index in [1.807, 2.05) is 6.92 Å². The van der Waals surface area contributed by atoms with Gasteiger partial charge in [-0.15, -0.1) is 5.10 Å². The first-order valence-electron chi connectivity index (χ1n) is 5.57. The Morgan fingerprint density at radius 1 is 1.58 bits per heavy atom. The number of carboxylic acid groups (broad SMARTS) is 1. The molecule has 0 aliphatic rings. The monoisotopic (exact) mass is 354 g/mol. The lowest BCUT2D eigenvalue weighted by Gasteiger charge is -2.16. The van der Waals surface area contributed by atoms with Crippen molar-refractivity contribution in [2.75, 3.05) is 0 Å². The maximum atomic E-state index is 12.2. The predicted molar refractivity (Wildman–Crippen MR) is 70.0 cm³/mol. The van der Waals surface area contributed by atoms with Crippen molar-refractivity contribution in [1.82, 2.24) is 19.7 Å². The molecule has 1 aromatic rings. The third kappa shape index (κ3) is 4.25. The highest BCUT2D eigenvalue weighted by atomic mass is 79.9. The summed E-state index contributed by atoms with van der Waals surface area (Å²) in [6, 6.07) is -0.658. The van der Waals surface area contributed by atoms with Crippen LogP contribution < -0.4 is 4.72 Å². The number of aliphatic carboxylic acids is 1. The van der Waals surface area contributed by atoms with Crippen molar-refractivity contribution < 1.29 is 18.3 Å². The molecule has 10 heteroatoms. The van der Waals surface area contributed by atoms with Gasteiger partial charge in [-0.25, -0.2) is 17.8 Å². The molecule has 1 heterocycles. The SMILES string of the molecule is CCCC(CC(=O)O)NS(=O)(=O)c1c(Br)nnn1C. The Balaban J connectivity index is 2.97. The van der Waals surface area contributed by atoms with Gasteiger partial charge in [0.15, 0.2) is 4.60 Å². The number of rotatable bonds is 7. The van der Waals surface area contributed by atoms with Crippen LogP contribution in [0.2, 0.25) is 0 Å². The first kappa shape index (κ1) is 16.1. The highest BCUT2D eigenvalue weighted by molar-refractivity contribution is 9.10. The number of aromatic nitrogens is 3. The van der Waals surface area contributed by atoms with Crippen molar-refractivity contribution in [2.24, 2.45) is 7.05 Å². The van der Waals surface area contributed by atoms with Gasteiger partial charge in [-0.3, -0.25) is 4.79 Å². The van der Waals surface area contributed by atoms with E-state index in [4.69, 9.17) is 5.11 Å². The maximum Gasteiger partial charge on any atom is 0.304 e. The minimum Gasteiger partial charge on any atom is -0.481 e. The van der Waals surface area contributed by atoms with Crippen LogP contribution in [0.15, 0.2) is 9.63 Å². The van der Waals surface area contributed by atoms with E-state index in [2.05, 4.69) is 31.0 Å². The van der Waals surface area contributed by atoms with Gasteiger partial charge < -0.3 is 5.11 Å². The van der Waals surface area contributed by atoms with Gasteiger partial charge in [-0.05, 0) is 22.4 Å². The van der Waals surface area contributed by atoms with Gasteiger partial charge in [0, 0.05) is 13.1 Å². The zero-order valence-electron chi connectivity index (χ0n) is 10.5. The van der Waals surface area contributed by atoms with Crippen molar-refractivity contribution in [1.29, 1.82) is 0 Å². The fourth-order valence-electron chi connectivity index (χ4n) is 1.65. The molecular formula is C9H15BrN4O4S. The maximum absolute atomic E-state index is 12.2. The molecule has 19 heavy (non-hydrogen) atoms. The second-order valence-corrected chi connectivity index (χ2v) is 6.39. The predicted octanol–water partition coefficient (Wildman–Crippen LogP) is 0.499. The largest absolute Gasteiger partial charge is 0.481 e. The molecule has 0 spiro atoms. The van der Waals surface area contributed by atoms with Crippen LogP contribution in [0.5, 0.6) is 0 Å². The zero-order valence-corrected chi connectivity index (χ0v) is 12.9. The third-order valence-electron chi connectivity index (χ3n) is 2.37. The summed E-state index contributed by atoms with van der Waals surface area (Å²) in [7, 11) is -2.42. The Morgan fingerprint density at radius 3 is 2.63 bits per heavy atom. The summed E-state index contributed by atoms with van der Waals surface area (Å²) in [5.74, 6) is -1.05. The van der Waals surface area contributed by atoms with Crippen molar-refractivity contribution in [3.63, 3.8) is 0 Å². The van der Waals surface area contributed by atoms with E-state index in [9.17, 15) is 13.2 Å². The number of sulfonamides is 1. The number of aryl methyl sites for hydroxylation is 1. The molecule has 1 atom stereocenters. The summed E-state index contributed by atoms with van der Waals surface area (Å²) in [5, 5.41) is 15.8. The molecule has 0 aliphatic heterocycles. The molecular weight excluding hydrogens is 340 g/mol. The molecule has 0 radical (unpaired) electrons. The first-order valence-corrected chi connectivity index (χ1v) is 7.84. The fraction of sp³-hybridized carbons (Fsp3) is 0.667. The van der Waals surface area contributed by atoms with E-state index in [1.54, 1.807) is 0 Å². The Hall–Kier alpha value is -1.00. The number of hydrogen-bond acceptors (Lipinski definition) is 5. The van der Waals surface area contributed by atoms with Gasteiger partial charge in [0.1, 0.15) is 0 Å². The Labute approximate surface area is 119 Å². The molecule has 0 aromatic carbocycles. The molecule has 0 bridgehead atoms. The molecule has 2 N–H and O–H groups in total. The Bertz CT molecular complexity index is 537. The minimum atomic E-state index is -3.87. The van der Waals surface area contributed by atoms with Gasteiger partial charge in [0.05, 0.1) is 6.42 Å². The molecule has 0 saturated heterocycles. The summed E-state index contributed by atoms with van der Waals surface area (Å²) >= 11 is 3.00. The molecule has 8 nitrogen and oxygen atoms in total. The van der Waals surface area contributed by atoms with Gasteiger partial charge in [0.25, 0.3) is 10.0 Å². The summed E-state index contributed by atoms with van der Waals surface area (Å²) in [6.45, 7) is 1.85. The minimum absolute atomic E-state index is 0.0908. The van der Waals surface area contributed by atoms with Gasteiger partial charge in [-0.1, -0.05) is 18.6 Å². The van der Waals surface area contributed by atoms with Crippen LogP contribution >= 0.6 is 15.9 Å². The summed E-state index contributed by atoms with van der Waals surface area (Å²) in [4.78, 5) is 10.7. The topological polar surface area (TPSA) is 114 Å². The summed E-state index contributed by atoms with van der Waals surface area (Å²) in [6.07, 6.45) is 0.843. The van der Waals surface area contributed by atoms with Crippen LogP contribution in [0.4, 0.5) is 0 Å². The average Bonchev–Trinajstić information content (AvgIpc) is 2.57. The van der Waals surface area contributed by atoms with Crippen LogP contribution in [0.25, 0.3) is 0 Å². The van der Waals surface area contributed by atoms with Gasteiger partial charge >= 0.3 is 5.97 Å². The number of halogens is 1. The van der Waals surface area contributed by atoms with Crippen molar-refractivity contribution in [3.05, 3.63) is 4.60 Å². The highest BCUT2D eigenvalue weighted by Gasteiger charge is 2.27. The standard InChI is InChI=1S/C9H15BrN4O4S/c1-3-4-6(5-7(15)16)12-19(17,18)9-8(10)11-13-14(9)2/h6,12H,3-5H2,1-2H3,(H,15,16). The van der Waals surface area contributed by atoms with E-state index in [-0.39, 0.29) is 16.0 Å². The quantitative estimate of drug-likeness (QED) is 0.736. The summed E-state index contributed by atoms with van der Waals surface area (Å²) < 4.78 is 27.9. The van der Waals surface area contributed by atoms with Crippen LogP contribution in [0.1, 0.15) is 26.2 Å². The van der Waals surface area contributed by atoms with E-state index in [0.29, 0.717) is 12.8 Å². The Kier molecular flexibility index (Phi) is 5.44. The molecule has 0 amide bonds. The van der Waals surface area contributed by atoms with E-state index >= 15 is 0 Å². The van der Waals surface area contributed by atoms with Crippen molar-refractivity contribution >= 4 is 31.9 Å². The molecule has 1 aromatic heterocycles. The lowest BCUT2D eigenvalue weighted by atomic mass is 10.1. The Morgan fingerprint density at radius 2 is 2.21 bits per heavy atom. The number of nitrogens with one attached hydrogen (secondary N) is 1. The second-order valence-electron chi connectivity index (χ2n) is 4.01. The van der Waals surface area contributed by atoms with E-state index in [0.717, 1.165) is 4.68 Å². The fourth-order valence-corrected chi connectivity index (χ4v) is 4.01. The smallest absolute Gasteiger partial charge is 0.304 e. The normalized spacial score (nSPS) is 13.4. The molecule has 0 saturated carbocycles. The van der Waals surface area contributed by atoms with Crippen LogP contribution in [0, 0.1) is 0 Å². The van der Waals surface area contributed by atoms with Crippen LogP contribution in [-0.4, -0.2) is 40.5 Å². The van der Waals surface area contributed by atoms with Crippen LogP contribution in [-0.2, 0) is 21.9 Å². The number of carboxylic acids is 1. The number of hydrogen-bond donors (Lipinski definition) is 2. The van der Waals surface area contributed by atoms with Crippen LogP contribution in [0.3, 0.4) is 0 Å². The van der Waals surface area contributed by atoms with E-state index in [1.165, 1.54) is 7.05 Å². The number of carbonyl (C=O) groups is 1. The van der Waals surface area contributed by atoms with Crippen molar-refractivity contribution in [2.45, 2.75) is 37.3 Å². The highest BCUT2D eigenvalue weighted by Crippen LogP contribution is 2.18. The molecule has 108 valence electrons. The van der Waals surface area contributed by atoms with Gasteiger partial charge in [-0.2, -0.15) is 0 Å². The molecule has 0 fully saturated rings. The van der Waals surface area contributed by atoms with Crippen molar-refractivity contribution in [3.8, 4) is 0 Å². The zero-order chi connectivity index (χ0) is 14.6. The lowest BCUT2D eigenvalue weighted by Crippen LogP contribution is -2.37. The summed E-state index contributed by atoms with van der Waals surface area (Å²) in [5.41, 5.74) is 0. The molecule has 1 unspecified atom stereocenters. The lowest BCUT2D eigenvalue weighted by molar-refractivity contribution is -0.137. The molecule has 0 aliphatic carbocycles. The van der Waals surface area contributed by atoms with Gasteiger partial charge in [0.2, 0.25) is 5.03 Å². The third-order valence-corrected chi connectivity index (χ3v) is 4.78. The molecule has 1 rings (SSSR count). The second kappa shape index (κ2) is 6.44. The number of nitrogens with zero attached hydrogens (tertiary/aromatic N) is 3. The van der Waals surface area contributed by atoms with E-state index < -0.39 is 22.0 Å².